The number of halogens is 9. The molecule has 2 aromatic heterocycles. The average molecular weight is 536 g/mol. The summed E-state index contributed by atoms with van der Waals surface area (Å²) in [6.07, 6.45) is -14.6. The maximum absolute atomic E-state index is 13.5. The molecule has 0 amide bonds. The van der Waals surface area contributed by atoms with Crippen molar-refractivity contribution in [2.24, 2.45) is 0 Å². The molecule has 4 aromatic rings. The third-order valence-electron chi connectivity index (χ3n) is 6.35. The molecule has 2 aromatic carbocycles. The first-order valence-corrected chi connectivity index (χ1v) is 10.5. The Bertz CT molecular complexity index is 1420. The molecule has 13 heteroatoms. The predicted octanol–water partition coefficient (Wildman–Crippen LogP) is 7.08. The molecule has 0 aliphatic carbocycles. The molecule has 1 atom stereocenters. The van der Waals surface area contributed by atoms with Gasteiger partial charge >= 0.3 is 18.5 Å². The summed E-state index contributed by atoms with van der Waals surface area (Å²) >= 11 is 0. The van der Waals surface area contributed by atoms with Gasteiger partial charge in [-0.2, -0.15) is 39.5 Å². The van der Waals surface area contributed by atoms with E-state index < -0.39 is 40.8 Å². The highest BCUT2D eigenvalue weighted by Gasteiger charge is 2.71. The van der Waals surface area contributed by atoms with Crippen molar-refractivity contribution in [3.05, 3.63) is 89.3 Å². The van der Waals surface area contributed by atoms with Crippen LogP contribution in [0.4, 0.5) is 39.5 Å². The highest BCUT2D eigenvalue weighted by molar-refractivity contribution is 5.83. The van der Waals surface area contributed by atoms with Crippen molar-refractivity contribution in [3.8, 4) is 0 Å². The van der Waals surface area contributed by atoms with Gasteiger partial charge in [-0.1, -0.05) is 18.2 Å². The quantitative estimate of drug-likeness (QED) is 0.284. The van der Waals surface area contributed by atoms with Gasteiger partial charge in [-0.15, -0.1) is 0 Å². The molecule has 0 aliphatic rings. The number of fused-ring (bicyclic) bond motifs is 1. The van der Waals surface area contributed by atoms with Gasteiger partial charge in [0.25, 0.3) is 5.60 Å². The topological polar surface area (TPSA) is 51.2 Å². The van der Waals surface area contributed by atoms with Crippen LogP contribution in [0.15, 0.2) is 65.6 Å². The summed E-state index contributed by atoms with van der Waals surface area (Å²) in [6.45, 7) is 2.97. The molecular weight excluding hydrogens is 519 g/mol. The first-order valence-electron chi connectivity index (χ1n) is 10.5. The molecule has 1 unspecified atom stereocenters. The van der Waals surface area contributed by atoms with Gasteiger partial charge in [0.05, 0.1) is 5.56 Å². The second-order valence-electron chi connectivity index (χ2n) is 8.63. The lowest BCUT2D eigenvalue weighted by atomic mass is 9.86. The Labute approximate surface area is 202 Å². The normalized spacial score (nSPS) is 15.2. The summed E-state index contributed by atoms with van der Waals surface area (Å²) in [4.78, 5) is 4.08. The second kappa shape index (κ2) is 8.27. The van der Waals surface area contributed by atoms with Crippen LogP contribution in [0.25, 0.3) is 10.9 Å². The van der Waals surface area contributed by atoms with Crippen LogP contribution in [0.1, 0.15) is 35.0 Å². The van der Waals surface area contributed by atoms with Crippen LogP contribution in [0.5, 0.6) is 0 Å². The summed E-state index contributed by atoms with van der Waals surface area (Å²) in [6, 6.07) is 7.51. The summed E-state index contributed by atoms with van der Waals surface area (Å²) in [7, 11) is 0. The van der Waals surface area contributed by atoms with Gasteiger partial charge in [0.2, 0.25) is 0 Å². The number of oxazole rings is 1. The van der Waals surface area contributed by atoms with Crippen molar-refractivity contribution in [2.75, 3.05) is 0 Å². The lowest BCUT2D eigenvalue weighted by molar-refractivity contribution is -0.376. The van der Waals surface area contributed by atoms with Crippen molar-refractivity contribution >= 4 is 10.9 Å². The first kappa shape index (κ1) is 26.6. The van der Waals surface area contributed by atoms with E-state index in [4.69, 9.17) is 4.42 Å². The Morgan fingerprint density at radius 2 is 1.43 bits per heavy atom. The number of aromatic nitrogens is 2. The molecule has 0 radical (unpaired) electrons. The summed E-state index contributed by atoms with van der Waals surface area (Å²) in [5.41, 5.74) is -8.56. The van der Waals surface area contributed by atoms with E-state index >= 15 is 0 Å². The molecule has 4 rings (SSSR count). The molecule has 2 heterocycles. The zero-order valence-electron chi connectivity index (χ0n) is 18.9. The average Bonchev–Trinajstić information content (AvgIpc) is 3.43. The summed E-state index contributed by atoms with van der Waals surface area (Å²) in [5.74, 6) is 0. The molecular formula is C24H17F9N2O2. The fourth-order valence-corrected chi connectivity index (χ4v) is 4.50. The molecule has 0 aliphatic heterocycles. The van der Waals surface area contributed by atoms with E-state index in [9.17, 15) is 44.6 Å². The SMILES string of the molecule is Cc1cc2cc(C(O)(C(F)(F)F)C(F)(F)F)ccc2n1C(C)(c1cccc(C(F)(F)F)c1)c1cocn1. The van der Waals surface area contributed by atoms with E-state index in [0.29, 0.717) is 12.1 Å². The highest BCUT2D eigenvalue weighted by Crippen LogP contribution is 2.51. The van der Waals surface area contributed by atoms with Crippen LogP contribution in [0, 0.1) is 6.92 Å². The van der Waals surface area contributed by atoms with Gasteiger partial charge in [0, 0.05) is 22.2 Å². The van der Waals surface area contributed by atoms with Crippen LogP contribution < -0.4 is 0 Å². The van der Waals surface area contributed by atoms with Crippen molar-refractivity contribution in [3.63, 3.8) is 0 Å². The van der Waals surface area contributed by atoms with Crippen molar-refractivity contribution < 1.29 is 49.0 Å². The Morgan fingerprint density at radius 3 is 1.97 bits per heavy atom. The molecule has 4 nitrogen and oxygen atoms in total. The maximum atomic E-state index is 13.5. The standard InChI is InChI=1S/C24H17F9N2O2/c1-13-8-14-9-16(21(36,23(28,29)30)24(31,32)33)6-7-18(14)35(13)20(2,19-11-37-12-34-19)15-4-3-5-17(10-15)22(25,26)27/h3-12,36H,1-2H3. The minimum absolute atomic E-state index is 0.0722. The molecule has 0 saturated carbocycles. The number of aryl methyl sites for hydroxylation is 1. The summed E-state index contributed by atoms with van der Waals surface area (Å²) < 4.78 is 127. The van der Waals surface area contributed by atoms with Crippen molar-refractivity contribution in [1.82, 2.24) is 9.55 Å². The third-order valence-corrected chi connectivity index (χ3v) is 6.35. The van der Waals surface area contributed by atoms with Crippen LogP contribution >= 0.6 is 0 Å². The fraction of sp³-hybridized carbons (Fsp3) is 0.292. The van der Waals surface area contributed by atoms with Gasteiger partial charge in [-0.3, -0.25) is 0 Å². The largest absolute Gasteiger partial charge is 0.451 e. The highest BCUT2D eigenvalue weighted by atomic mass is 19.4. The predicted molar refractivity (Wildman–Crippen MR) is 112 cm³/mol. The second-order valence-corrected chi connectivity index (χ2v) is 8.63. The number of alkyl halides is 9. The third kappa shape index (κ3) is 4.05. The Hall–Kier alpha value is -3.48. The Kier molecular flexibility index (Phi) is 5.94. The van der Waals surface area contributed by atoms with E-state index in [1.54, 1.807) is 0 Å². The van der Waals surface area contributed by atoms with Crippen LogP contribution in [0.2, 0.25) is 0 Å². The van der Waals surface area contributed by atoms with Crippen LogP contribution in [-0.4, -0.2) is 27.0 Å². The smallest absolute Gasteiger partial charge is 0.430 e. The van der Waals surface area contributed by atoms with E-state index in [1.807, 2.05) is 0 Å². The van der Waals surface area contributed by atoms with Gasteiger partial charge < -0.3 is 14.1 Å². The molecule has 0 fully saturated rings. The minimum Gasteiger partial charge on any atom is -0.451 e. The van der Waals surface area contributed by atoms with Gasteiger partial charge in [-0.05, 0) is 49.7 Å². The molecule has 198 valence electrons. The molecule has 0 bridgehead atoms. The van der Waals surface area contributed by atoms with Gasteiger partial charge in [0.1, 0.15) is 17.5 Å². The molecule has 0 saturated heterocycles. The zero-order valence-corrected chi connectivity index (χ0v) is 18.9. The number of benzene rings is 2. The molecule has 1 N–H and O–H groups in total. The fourth-order valence-electron chi connectivity index (χ4n) is 4.50. The monoisotopic (exact) mass is 536 g/mol. The van der Waals surface area contributed by atoms with E-state index in [2.05, 4.69) is 4.98 Å². The lowest BCUT2D eigenvalue weighted by Gasteiger charge is -2.34. The lowest BCUT2D eigenvalue weighted by Crippen LogP contribution is -2.53. The van der Waals surface area contributed by atoms with Crippen molar-refractivity contribution in [2.45, 2.75) is 43.5 Å². The zero-order chi connectivity index (χ0) is 27.6. The maximum Gasteiger partial charge on any atom is 0.430 e. The molecule has 37 heavy (non-hydrogen) atoms. The van der Waals surface area contributed by atoms with Crippen LogP contribution in [-0.2, 0) is 17.3 Å². The Balaban J connectivity index is 2.00. The van der Waals surface area contributed by atoms with Gasteiger partial charge in [-0.25, -0.2) is 4.98 Å². The van der Waals surface area contributed by atoms with E-state index in [-0.39, 0.29) is 27.9 Å². The Morgan fingerprint density at radius 1 is 0.811 bits per heavy atom. The first-order chi connectivity index (χ1) is 16.9. The van der Waals surface area contributed by atoms with Crippen molar-refractivity contribution in [1.29, 1.82) is 0 Å². The number of aliphatic hydroxyl groups is 1. The molecule has 0 spiro atoms. The number of nitrogens with zero attached hydrogens (tertiary/aromatic N) is 2. The minimum atomic E-state index is -6.08. The van der Waals surface area contributed by atoms with Gasteiger partial charge in [0.15, 0.2) is 6.39 Å². The number of hydrogen-bond donors (Lipinski definition) is 1. The summed E-state index contributed by atoms with van der Waals surface area (Å²) in [5, 5.41) is 9.68. The number of rotatable bonds is 4. The van der Waals surface area contributed by atoms with E-state index in [1.165, 1.54) is 42.9 Å². The number of hydrogen-bond acceptors (Lipinski definition) is 3. The van der Waals surface area contributed by atoms with Crippen LogP contribution in [0.3, 0.4) is 0 Å². The van der Waals surface area contributed by atoms with E-state index in [0.717, 1.165) is 24.6 Å².